The van der Waals surface area contributed by atoms with Gasteiger partial charge in [0.1, 0.15) is 5.82 Å². The number of aryl methyl sites for hydroxylation is 1. The largest absolute Gasteiger partial charge is 0.206 e. The molecule has 2 aliphatic carbocycles. The van der Waals surface area contributed by atoms with E-state index in [1.54, 1.807) is 6.07 Å². The van der Waals surface area contributed by atoms with Crippen LogP contribution in [0.15, 0.2) is 66.8 Å². The van der Waals surface area contributed by atoms with Gasteiger partial charge in [0, 0.05) is 5.56 Å². The summed E-state index contributed by atoms with van der Waals surface area (Å²) in [5.74, 6) is 9.48. The Bertz CT molecular complexity index is 1060. The van der Waals surface area contributed by atoms with E-state index in [9.17, 15) is 4.39 Å². The molecule has 0 amide bonds. The van der Waals surface area contributed by atoms with Gasteiger partial charge in [-0.1, -0.05) is 60.8 Å². The van der Waals surface area contributed by atoms with Crippen molar-refractivity contribution < 1.29 is 4.39 Å². The highest BCUT2D eigenvalue weighted by Gasteiger charge is 2.35. The topological polar surface area (TPSA) is 0 Å². The van der Waals surface area contributed by atoms with Gasteiger partial charge >= 0.3 is 0 Å². The van der Waals surface area contributed by atoms with E-state index in [2.05, 4.69) is 61.3 Å². The zero-order valence-corrected chi connectivity index (χ0v) is 21.6. The molecule has 0 bridgehead atoms. The van der Waals surface area contributed by atoms with Crippen molar-refractivity contribution in [2.24, 2.45) is 17.8 Å². The van der Waals surface area contributed by atoms with Gasteiger partial charge < -0.3 is 0 Å². The van der Waals surface area contributed by atoms with Crippen molar-refractivity contribution in [3.05, 3.63) is 94.8 Å². The summed E-state index contributed by atoms with van der Waals surface area (Å²) in [7, 11) is 0. The number of rotatable bonds is 7. The molecule has 0 aliphatic heterocycles. The smallest absolute Gasteiger partial charge is 0.139 e. The van der Waals surface area contributed by atoms with Crippen LogP contribution in [0.2, 0.25) is 0 Å². The normalized spacial score (nSPS) is 24.3. The quantitative estimate of drug-likeness (QED) is 0.280. The van der Waals surface area contributed by atoms with Crippen molar-refractivity contribution in [1.82, 2.24) is 0 Å². The fourth-order valence-corrected chi connectivity index (χ4v) is 6.26. The molecule has 184 valence electrons. The Morgan fingerprint density at radius 1 is 0.829 bits per heavy atom. The predicted molar refractivity (Wildman–Crippen MR) is 147 cm³/mol. The summed E-state index contributed by atoms with van der Waals surface area (Å²) >= 11 is 0. The van der Waals surface area contributed by atoms with E-state index in [0.29, 0.717) is 11.5 Å². The van der Waals surface area contributed by atoms with Crippen LogP contribution in [0, 0.1) is 35.4 Å². The lowest BCUT2D eigenvalue weighted by molar-refractivity contribution is 0.115. The average molecular weight is 469 g/mol. The van der Waals surface area contributed by atoms with Crippen LogP contribution in [-0.2, 0) is 6.42 Å². The van der Waals surface area contributed by atoms with Crippen LogP contribution in [0.25, 0.3) is 0 Å². The van der Waals surface area contributed by atoms with Crippen LogP contribution >= 0.6 is 0 Å². The van der Waals surface area contributed by atoms with Gasteiger partial charge in [-0.05, 0) is 131 Å². The molecular formula is C34H41F. The maximum absolute atomic E-state index is 14.5. The van der Waals surface area contributed by atoms with Crippen molar-refractivity contribution >= 4 is 0 Å². The highest BCUT2D eigenvalue weighted by Crippen LogP contribution is 2.48. The van der Waals surface area contributed by atoms with Crippen LogP contribution in [-0.4, -0.2) is 0 Å². The number of hydrogen-bond donors (Lipinski definition) is 0. The SMILES string of the molecule is C/C=C/CCc1ccc(C#Cc2ccc(C3CCC4CC(CC/C=C/C)CCC4C3)cc2)c(F)c1. The van der Waals surface area contributed by atoms with Crippen molar-refractivity contribution in [3.8, 4) is 11.8 Å². The number of fused-ring (bicyclic) bond motifs is 1. The minimum atomic E-state index is -0.222. The van der Waals surface area contributed by atoms with E-state index >= 15 is 0 Å². The predicted octanol–water partition coefficient (Wildman–Crippen LogP) is 9.39. The maximum Gasteiger partial charge on any atom is 0.139 e. The summed E-state index contributed by atoms with van der Waals surface area (Å²) in [5, 5.41) is 0. The molecule has 2 fully saturated rings. The first-order valence-electron chi connectivity index (χ1n) is 13.8. The number of halogens is 1. The Kier molecular flexibility index (Phi) is 9.42. The highest BCUT2D eigenvalue weighted by molar-refractivity contribution is 5.45. The van der Waals surface area contributed by atoms with Crippen molar-refractivity contribution in [1.29, 1.82) is 0 Å². The molecule has 0 radical (unpaired) electrons. The zero-order chi connectivity index (χ0) is 24.5. The number of benzene rings is 2. The standard InChI is InChI=1S/C34H41F/c1-3-5-7-9-27-15-20-33-25-32(22-21-31(33)23-27)29-16-11-26(12-17-29)13-18-30-19-14-28(24-34(30)35)10-8-6-4-2/h3-6,11-12,14,16-17,19,24,27,31-33H,7-10,15,20-23,25H2,1-2H3/b5-3+,6-4+. The van der Waals surface area contributed by atoms with Gasteiger partial charge in [0.15, 0.2) is 0 Å². The van der Waals surface area contributed by atoms with Crippen molar-refractivity contribution in [3.63, 3.8) is 0 Å². The molecule has 35 heavy (non-hydrogen) atoms. The molecule has 1 heteroatoms. The molecule has 2 aromatic rings. The molecule has 4 rings (SSSR count). The van der Waals surface area contributed by atoms with E-state index in [1.807, 2.05) is 25.1 Å². The second-order valence-corrected chi connectivity index (χ2v) is 10.6. The molecule has 4 unspecified atom stereocenters. The Morgan fingerprint density at radius 2 is 1.57 bits per heavy atom. The zero-order valence-electron chi connectivity index (χ0n) is 21.6. The fraction of sp³-hybridized carbons (Fsp3) is 0.471. The van der Waals surface area contributed by atoms with Crippen LogP contribution in [0.3, 0.4) is 0 Å². The first-order chi connectivity index (χ1) is 17.2. The minimum Gasteiger partial charge on any atom is -0.206 e. The monoisotopic (exact) mass is 468 g/mol. The molecule has 2 aliphatic rings. The van der Waals surface area contributed by atoms with Gasteiger partial charge in [0.05, 0.1) is 5.56 Å². The maximum atomic E-state index is 14.5. The molecule has 0 aromatic heterocycles. The second-order valence-electron chi connectivity index (χ2n) is 10.6. The lowest BCUT2D eigenvalue weighted by atomic mass is 9.63. The number of allylic oxidation sites excluding steroid dienone is 4. The third-order valence-corrected chi connectivity index (χ3v) is 8.29. The molecule has 4 atom stereocenters. The fourth-order valence-electron chi connectivity index (χ4n) is 6.26. The van der Waals surface area contributed by atoms with E-state index in [1.165, 1.54) is 56.9 Å². The molecule has 0 N–H and O–H groups in total. The van der Waals surface area contributed by atoms with Gasteiger partial charge in [0.25, 0.3) is 0 Å². The highest BCUT2D eigenvalue weighted by atomic mass is 19.1. The Labute approximate surface area is 212 Å². The first-order valence-corrected chi connectivity index (χ1v) is 13.8. The van der Waals surface area contributed by atoms with Crippen LogP contribution in [0.4, 0.5) is 4.39 Å². The minimum absolute atomic E-state index is 0.222. The third kappa shape index (κ3) is 7.20. The molecule has 0 saturated heterocycles. The second kappa shape index (κ2) is 12.9. The van der Waals surface area contributed by atoms with Gasteiger partial charge in [-0.3, -0.25) is 0 Å². The number of hydrogen-bond acceptors (Lipinski definition) is 0. The van der Waals surface area contributed by atoms with Gasteiger partial charge in [0.2, 0.25) is 0 Å². The van der Waals surface area contributed by atoms with Gasteiger partial charge in [-0.15, -0.1) is 0 Å². The van der Waals surface area contributed by atoms with Gasteiger partial charge in [-0.25, -0.2) is 4.39 Å². The first kappa shape index (κ1) is 25.5. The van der Waals surface area contributed by atoms with Crippen LogP contribution < -0.4 is 0 Å². The van der Waals surface area contributed by atoms with Crippen molar-refractivity contribution in [2.45, 2.75) is 84.0 Å². The lowest BCUT2D eigenvalue weighted by Gasteiger charge is -2.42. The molecule has 0 heterocycles. The van der Waals surface area contributed by atoms with Gasteiger partial charge in [-0.2, -0.15) is 0 Å². The molecule has 2 saturated carbocycles. The Hall–Kier alpha value is -2.59. The Balaban J connectivity index is 1.31. The lowest BCUT2D eigenvalue weighted by Crippen LogP contribution is -2.30. The van der Waals surface area contributed by atoms with E-state index in [4.69, 9.17) is 0 Å². The molecular weight excluding hydrogens is 427 g/mol. The van der Waals surface area contributed by atoms with E-state index in [-0.39, 0.29) is 5.82 Å². The van der Waals surface area contributed by atoms with E-state index in [0.717, 1.165) is 41.7 Å². The Morgan fingerprint density at radius 3 is 2.34 bits per heavy atom. The van der Waals surface area contributed by atoms with E-state index < -0.39 is 0 Å². The average Bonchev–Trinajstić information content (AvgIpc) is 2.88. The summed E-state index contributed by atoms with van der Waals surface area (Å²) in [4.78, 5) is 0. The summed E-state index contributed by atoms with van der Waals surface area (Å²) in [6.07, 6.45) is 21.5. The van der Waals surface area contributed by atoms with Crippen molar-refractivity contribution in [2.75, 3.05) is 0 Å². The third-order valence-electron chi connectivity index (χ3n) is 8.29. The molecule has 0 nitrogen and oxygen atoms in total. The molecule has 2 aromatic carbocycles. The summed E-state index contributed by atoms with van der Waals surface area (Å²) in [6, 6.07) is 14.2. The summed E-state index contributed by atoms with van der Waals surface area (Å²) in [6.45, 7) is 4.14. The summed E-state index contributed by atoms with van der Waals surface area (Å²) < 4.78 is 14.5. The summed E-state index contributed by atoms with van der Waals surface area (Å²) in [5.41, 5.74) is 3.91. The van der Waals surface area contributed by atoms with Crippen LogP contribution in [0.5, 0.6) is 0 Å². The van der Waals surface area contributed by atoms with Crippen LogP contribution in [0.1, 0.15) is 99.8 Å². The molecule has 0 spiro atoms.